The Kier molecular flexibility index (Phi) is 9.22. The summed E-state index contributed by atoms with van der Waals surface area (Å²) >= 11 is 12.5. The molecular weight excluding hydrogens is 644 g/mol. The van der Waals surface area contributed by atoms with Crippen molar-refractivity contribution in [2.45, 2.75) is 50.0 Å². The van der Waals surface area contributed by atoms with E-state index >= 15 is 0 Å². The van der Waals surface area contributed by atoms with Crippen LogP contribution in [0.4, 0.5) is 13.2 Å². The van der Waals surface area contributed by atoms with Gasteiger partial charge in [0.1, 0.15) is 0 Å². The number of halogens is 5. The average Bonchev–Trinajstić information content (AvgIpc) is 2.87. The Hall–Kier alpha value is -2.43. The molecule has 1 aromatic heterocycles. The minimum absolute atomic E-state index is 0.0115. The lowest BCUT2D eigenvalue weighted by Crippen LogP contribution is -2.47. The molecule has 1 aliphatic heterocycles. The summed E-state index contributed by atoms with van der Waals surface area (Å²) in [6, 6.07) is 3.94. The van der Waals surface area contributed by atoms with Crippen LogP contribution in [-0.4, -0.2) is 62.4 Å². The molecule has 2 N–H and O–H groups in total. The van der Waals surface area contributed by atoms with E-state index in [9.17, 15) is 39.6 Å². The van der Waals surface area contributed by atoms with Gasteiger partial charge in [-0.1, -0.05) is 30.1 Å². The number of benzene rings is 2. The van der Waals surface area contributed by atoms with E-state index in [1.54, 1.807) is 4.90 Å². The third kappa shape index (κ3) is 7.03. The lowest BCUT2D eigenvalue weighted by molar-refractivity contribution is -0.138. The van der Waals surface area contributed by atoms with Gasteiger partial charge in [0.2, 0.25) is 10.0 Å². The van der Waals surface area contributed by atoms with Crippen molar-refractivity contribution in [1.82, 2.24) is 19.2 Å². The van der Waals surface area contributed by atoms with Crippen molar-refractivity contribution in [2.24, 2.45) is 0 Å². The first-order valence-electron chi connectivity index (χ1n) is 12.7. The van der Waals surface area contributed by atoms with E-state index in [0.29, 0.717) is 30.0 Å². The number of hydrogen-bond acceptors (Lipinski definition) is 7. The molecule has 2 aromatic carbocycles. The normalized spacial score (nSPS) is 17.2. The van der Waals surface area contributed by atoms with Gasteiger partial charge < -0.3 is 4.98 Å². The van der Waals surface area contributed by atoms with Crippen LogP contribution in [0.25, 0.3) is 10.9 Å². The summed E-state index contributed by atoms with van der Waals surface area (Å²) in [5.74, 6) is -0.278. The number of alkyl halides is 3. The zero-order valence-electron chi connectivity index (χ0n) is 22.4. The number of hydrogen-bond donors (Lipinski definition) is 2. The summed E-state index contributed by atoms with van der Waals surface area (Å²) < 4.78 is 94.5. The van der Waals surface area contributed by atoms with Gasteiger partial charge in [0.15, 0.2) is 9.84 Å². The smallest absolute Gasteiger partial charge is 0.305 e. The number of piperidine rings is 1. The summed E-state index contributed by atoms with van der Waals surface area (Å²) in [6.45, 7) is 1.00. The van der Waals surface area contributed by atoms with Crippen molar-refractivity contribution in [1.29, 1.82) is 0 Å². The maximum atomic E-state index is 14.3. The Labute approximate surface area is 249 Å². The molecule has 1 saturated heterocycles. The molecule has 0 saturated carbocycles. The highest BCUT2D eigenvalue weighted by atomic mass is 35.5. The van der Waals surface area contributed by atoms with Gasteiger partial charge in [0.05, 0.1) is 44.9 Å². The second-order valence-electron chi connectivity index (χ2n) is 10.1. The highest BCUT2D eigenvalue weighted by Gasteiger charge is 2.37. The van der Waals surface area contributed by atoms with Crippen molar-refractivity contribution in [3.05, 3.63) is 71.8 Å². The van der Waals surface area contributed by atoms with Gasteiger partial charge in [-0.05, 0) is 54.8 Å². The third-order valence-corrected chi connectivity index (χ3v) is 10.2. The first kappa shape index (κ1) is 32.5. The molecule has 2 heterocycles. The molecule has 1 aliphatic rings. The van der Waals surface area contributed by atoms with E-state index in [0.717, 1.165) is 6.26 Å². The molecule has 1 fully saturated rings. The largest absolute Gasteiger partial charge is 0.416 e. The van der Waals surface area contributed by atoms with Crippen LogP contribution in [0.15, 0.2) is 38.8 Å². The van der Waals surface area contributed by atoms with E-state index in [-0.39, 0.29) is 45.4 Å². The quantitative estimate of drug-likeness (QED) is 0.375. The molecular formula is C25H27Cl2F3N4O6S2. The van der Waals surface area contributed by atoms with Crippen molar-refractivity contribution in [3.8, 4) is 0 Å². The van der Waals surface area contributed by atoms with Crippen LogP contribution in [-0.2, 0) is 39.1 Å². The SMILES string of the molecule is CCS(=O)(=O)c1ccc(Cl)cc1Cn1c(=O)[nH]c2c(Cl)c(CN3CCC[C@@H](NS(C)(=O)=O)C3)c(C(F)(F)F)cc2c1=O. The van der Waals surface area contributed by atoms with Crippen LogP contribution in [0.2, 0.25) is 10.0 Å². The van der Waals surface area contributed by atoms with E-state index < -0.39 is 65.8 Å². The molecule has 0 aliphatic carbocycles. The van der Waals surface area contributed by atoms with Crippen LogP contribution in [0.1, 0.15) is 36.5 Å². The second-order valence-corrected chi connectivity index (χ2v) is 14.9. The van der Waals surface area contributed by atoms with Gasteiger partial charge >= 0.3 is 11.9 Å². The van der Waals surface area contributed by atoms with Crippen molar-refractivity contribution < 1.29 is 30.0 Å². The number of rotatable bonds is 8. The predicted octanol–water partition coefficient (Wildman–Crippen LogP) is 3.37. The molecule has 0 amide bonds. The van der Waals surface area contributed by atoms with Crippen LogP contribution in [0.5, 0.6) is 0 Å². The number of nitrogens with zero attached hydrogens (tertiary/aromatic N) is 2. The number of sulfone groups is 1. The Morgan fingerprint density at radius 3 is 2.40 bits per heavy atom. The highest BCUT2D eigenvalue weighted by molar-refractivity contribution is 7.91. The molecule has 0 radical (unpaired) electrons. The highest BCUT2D eigenvalue weighted by Crippen LogP contribution is 2.39. The van der Waals surface area contributed by atoms with Gasteiger partial charge in [0, 0.05) is 24.2 Å². The molecule has 42 heavy (non-hydrogen) atoms. The maximum Gasteiger partial charge on any atom is 0.416 e. The Morgan fingerprint density at radius 1 is 1.10 bits per heavy atom. The topological polar surface area (TPSA) is 138 Å². The Balaban J connectivity index is 1.83. The minimum atomic E-state index is -4.93. The van der Waals surface area contributed by atoms with Gasteiger partial charge in [-0.15, -0.1) is 0 Å². The number of nitrogens with one attached hydrogen (secondary N) is 2. The van der Waals surface area contributed by atoms with E-state index in [1.807, 2.05) is 0 Å². The number of fused-ring (bicyclic) bond motifs is 1. The Bertz CT molecular complexity index is 1880. The first-order chi connectivity index (χ1) is 19.4. The lowest BCUT2D eigenvalue weighted by atomic mass is 10.0. The number of aromatic amines is 1. The second kappa shape index (κ2) is 11.9. The summed E-state index contributed by atoms with van der Waals surface area (Å²) in [7, 11) is -7.34. The zero-order chi connectivity index (χ0) is 31.2. The maximum absolute atomic E-state index is 14.3. The van der Waals surface area contributed by atoms with E-state index in [1.165, 1.54) is 25.1 Å². The lowest BCUT2D eigenvalue weighted by Gasteiger charge is -2.33. The predicted molar refractivity (Wildman–Crippen MR) is 153 cm³/mol. The van der Waals surface area contributed by atoms with Gasteiger partial charge in [0.25, 0.3) is 5.56 Å². The van der Waals surface area contributed by atoms with Gasteiger partial charge in [-0.2, -0.15) is 13.2 Å². The Morgan fingerprint density at radius 2 is 1.79 bits per heavy atom. The molecule has 230 valence electrons. The zero-order valence-corrected chi connectivity index (χ0v) is 25.5. The third-order valence-electron chi connectivity index (χ3n) is 6.96. The van der Waals surface area contributed by atoms with E-state index in [4.69, 9.17) is 23.2 Å². The van der Waals surface area contributed by atoms with Crippen molar-refractivity contribution in [3.63, 3.8) is 0 Å². The van der Waals surface area contributed by atoms with Crippen LogP contribution in [0, 0.1) is 0 Å². The fourth-order valence-electron chi connectivity index (χ4n) is 5.07. The van der Waals surface area contributed by atoms with Crippen molar-refractivity contribution >= 4 is 54.0 Å². The van der Waals surface area contributed by atoms with Gasteiger partial charge in [-0.3, -0.25) is 14.3 Å². The molecule has 0 spiro atoms. The van der Waals surface area contributed by atoms with E-state index in [2.05, 4.69) is 9.71 Å². The van der Waals surface area contributed by atoms with Crippen molar-refractivity contribution in [2.75, 3.05) is 25.1 Å². The number of aromatic nitrogens is 2. The standard InChI is InChI=1S/C25H27Cl2F3N4O6S2/c1-3-42(39,40)20-7-6-15(26)9-14(20)11-34-23(35)17-10-19(25(28,29)30)18(21(27)22(17)31-24(34)36)13-33-8-4-5-16(12-33)32-41(2,37)38/h6-7,9-10,16,32H,3-5,8,11-13H2,1-2H3,(H,31,36)/t16-/m1/s1. The minimum Gasteiger partial charge on any atom is -0.305 e. The van der Waals surface area contributed by atoms with Gasteiger partial charge in [-0.25, -0.2) is 26.4 Å². The van der Waals surface area contributed by atoms with Crippen LogP contribution in [0.3, 0.4) is 0 Å². The molecule has 4 rings (SSSR count). The molecule has 1 atom stereocenters. The number of H-pyrrole nitrogens is 1. The fraction of sp³-hybridized carbons (Fsp3) is 0.440. The summed E-state index contributed by atoms with van der Waals surface area (Å²) in [5, 5.41) is -0.867. The first-order valence-corrected chi connectivity index (χ1v) is 17.0. The molecule has 17 heteroatoms. The van der Waals surface area contributed by atoms with Crippen LogP contribution < -0.4 is 16.0 Å². The molecule has 0 unspecified atom stereocenters. The summed E-state index contributed by atoms with van der Waals surface area (Å²) in [6.07, 6.45) is -2.93. The molecule has 3 aromatic rings. The average molecular weight is 672 g/mol. The fourth-order valence-corrected chi connectivity index (χ4v) is 7.48. The number of likely N-dealkylation sites (tertiary alicyclic amines) is 1. The molecule has 10 nitrogen and oxygen atoms in total. The monoisotopic (exact) mass is 670 g/mol. The number of sulfonamides is 1. The summed E-state index contributed by atoms with van der Waals surface area (Å²) in [5.41, 5.74) is -3.99. The van der Waals surface area contributed by atoms with Crippen LogP contribution >= 0.6 is 23.2 Å². The molecule has 0 bridgehead atoms. The summed E-state index contributed by atoms with van der Waals surface area (Å²) in [4.78, 5) is 30.3.